The summed E-state index contributed by atoms with van der Waals surface area (Å²) in [5, 5.41) is 4.25. The van der Waals surface area contributed by atoms with Crippen LogP contribution in [-0.2, 0) is 0 Å². The van der Waals surface area contributed by atoms with Crippen molar-refractivity contribution in [3.8, 4) is 11.4 Å². The van der Waals surface area contributed by atoms with Crippen molar-refractivity contribution in [3.63, 3.8) is 0 Å². The summed E-state index contributed by atoms with van der Waals surface area (Å²) in [5.41, 5.74) is 6.73. The van der Waals surface area contributed by atoms with Crippen LogP contribution in [0.1, 0.15) is 41.5 Å². The fourth-order valence-electron chi connectivity index (χ4n) is 4.55. The van der Waals surface area contributed by atoms with Gasteiger partial charge in [-0.1, -0.05) is 12.1 Å². The van der Waals surface area contributed by atoms with Crippen LogP contribution in [-0.4, -0.2) is 21.3 Å². The van der Waals surface area contributed by atoms with E-state index in [1.165, 1.54) is 11.1 Å². The number of aryl methyl sites for hydroxylation is 2. The van der Waals surface area contributed by atoms with Crippen LogP contribution in [0.5, 0.6) is 5.75 Å². The van der Waals surface area contributed by atoms with Gasteiger partial charge in [0.2, 0.25) is 0 Å². The number of nitrogens with zero attached hydrogens (tertiary/aromatic N) is 3. The number of rotatable bonds is 6. The quantitative estimate of drug-likeness (QED) is 0.348. The predicted molar refractivity (Wildman–Crippen MR) is 141 cm³/mol. The van der Waals surface area contributed by atoms with Gasteiger partial charge in [-0.05, 0) is 105 Å². The Morgan fingerprint density at radius 1 is 0.941 bits per heavy atom. The molecule has 1 fully saturated rings. The number of anilines is 1. The van der Waals surface area contributed by atoms with E-state index in [9.17, 15) is 0 Å². The molecule has 1 saturated heterocycles. The smallest absolute Gasteiger partial charge is 0.174 e. The van der Waals surface area contributed by atoms with Crippen molar-refractivity contribution in [2.24, 2.45) is 0 Å². The molecular formula is C28H28N4OS. The number of thiocarbonyl (C=S) groups is 1. The molecule has 1 aliphatic heterocycles. The van der Waals surface area contributed by atoms with Crippen LogP contribution < -0.4 is 15.0 Å². The minimum atomic E-state index is -0.0911. The molecule has 0 radical (unpaired) electrons. The van der Waals surface area contributed by atoms with Gasteiger partial charge >= 0.3 is 0 Å². The van der Waals surface area contributed by atoms with Gasteiger partial charge in [0.25, 0.3) is 0 Å². The van der Waals surface area contributed by atoms with Gasteiger partial charge in [0.15, 0.2) is 5.11 Å². The standard InChI is InChI=1S/C28H28N4OS/c1-4-33-23-14-12-21(13-15-23)31-17-7-9-25(31)27-26(24-8-5-6-16-29-24)30-28(34)32(27)22-11-10-19(2)20(3)18-22/h5-18,26-27H,4H2,1-3H3,(H,30,34)/t26-,27+/m0/s1. The zero-order valence-corrected chi connectivity index (χ0v) is 20.4. The number of aromatic nitrogens is 2. The molecule has 0 saturated carbocycles. The van der Waals surface area contributed by atoms with Crippen molar-refractivity contribution in [1.82, 2.24) is 14.9 Å². The summed E-state index contributed by atoms with van der Waals surface area (Å²) in [4.78, 5) is 6.90. The summed E-state index contributed by atoms with van der Waals surface area (Å²) in [6, 6.07) is 24.8. The number of pyridine rings is 1. The molecule has 2 aromatic heterocycles. The normalized spacial score (nSPS) is 17.6. The first kappa shape index (κ1) is 22.2. The molecule has 0 aliphatic carbocycles. The second-order valence-electron chi connectivity index (χ2n) is 8.50. The monoisotopic (exact) mass is 468 g/mol. The largest absolute Gasteiger partial charge is 0.494 e. The molecule has 172 valence electrons. The molecule has 5 rings (SSSR count). The van der Waals surface area contributed by atoms with E-state index in [0.29, 0.717) is 11.7 Å². The van der Waals surface area contributed by atoms with Crippen LogP contribution in [0.4, 0.5) is 5.69 Å². The lowest BCUT2D eigenvalue weighted by Crippen LogP contribution is -2.30. The van der Waals surface area contributed by atoms with Crippen LogP contribution in [0.15, 0.2) is 85.2 Å². The lowest BCUT2D eigenvalue weighted by molar-refractivity contribution is 0.340. The molecule has 2 atom stereocenters. The highest BCUT2D eigenvalue weighted by atomic mass is 32.1. The summed E-state index contributed by atoms with van der Waals surface area (Å²) in [5.74, 6) is 0.867. The highest BCUT2D eigenvalue weighted by Gasteiger charge is 2.42. The van der Waals surface area contributed by atoms with E-state index in [1.807, 2.05) is 37.4 Å². The summed E-state index contributed by atoms with van der Waals surface area (Å²) >= 11 is 5.89. The summed E-state index contributed by atoms with van der Waals surface area (Å²) in [6.45, 7) is 6.91. The summed E-state index contributed by atoms with van der Waals surface area (Å²) in [6.07, 6.45) is 3.93. The number of benzene rings is 2. The molecule has 1 N–H and O–H groups in total. The van der Waals surface area contributed by atoms with E-state index in [-0.39, 0.29) is 12.1 Å². The van der Waals surface area contributed by atoms with Crippen LogP contribution in [0, 0.1) is 13.8 Å². The maximum Gasteiger partial charge on any atom is 0.174 e. The van der Waals surface area contributed by atoms with E-state index in [4.69, 9.17) is 17.0 Å². The van der Waals surface area contributed by atoms with Crippen LogP contribution in [0.3, 0.4) is 0 Å². The third-order valence-electron chi connectivity index (χ3n) is 6.38. The maximum atomic E-state index is 5.89. The van der Waals surface area contributed by atoms with E-state index in [1.54, 1.807) is 0 Å². The van der Waals surface area contributed by atoms with E-state index >= 15 is 0 Å². The van der Waals surface area contributed by atoms with Crippen LogP contribution >= 0.6 is 12.2 Å². The minimum absolute atomic E-state index is 0.0777. The lowest BCUT2D eigenvalue weighted by atomic mass is 10.00. The Bertz CT molecular complexity index is 1300. The molecular weight excluding hydrogens is 440 g/mol. The molecule has 0 amide bonds. The minimum Gasteiger partial charge on any atom is -0.494 e. The predicted octanol–water partition coefficient (Wildman–Crippen LogP) is 6.06. The number of nitrogens with one attached hydrogen (secondary N) is 1. The molecule has 6 heteroatoms. The highest BCUT2D eigenvalue weighted by Crippen LogP contribution is 2.42. The van der Waals surface area contributed by atoms with Crippen molar-refractivity contribution in [3.05, 3.63) is 108 Å². The Labute approximate surface area is 206 Å². The maximum absolute atomic E-state index is 5.89. The van der Waals surface area contributed by atoms with Crippen molar-refractivity contribution in [2.45, 2.75) is 32.9 Å². The van der Waals surface area contributed by atoms with Gasteiger partial charge in [0.1, 0.15) is 11.8 Å². The fourth-order valence-corrected chi connectivity index (χ4v) is 4.89. The van der Waals surface area contributed by atoms with Crippen LogP contribution in [0.25, 0.3) is 5.69 Å². The van der Waals surface area contributed by atoms with E-state index in [2.05, 4.69) is 88.3 Å². The molecule has 0 unspecified atom stereocenters. The first-order valence-electron chi connectivity index (χ1n) is 11.5. The Morgan fingerprint density at radius 2 is 1.74 bits per heavy atom. The second-order valence-corrected chi connectivity index (χ2v) is 8.88. The van der Waals surface area contributed by atoms with Gasteiger partial charge < -0.3 is 19.5 Å². The van der Waals surface area contributed by atoms with Gasteiger partial charge in [0.05, 0.1) is 18.3 Å². The topological polar surface area (TPSA) is 42.3 Å². The summed E-state index contributed by atoms with van der Waals surface area (Å²) < 4.78 is 7.86. The van der Waals surface area contributed by atoms with E-state index < -0.39 is 0 Å². The Kier molecular flexibility index (Phi) is 6.07. The first-order valence-corrected chi connectivity index (χ1v) is 12.0. The Balaban J connectivity index is 1.62. The molecule has 4 aromatic rings. The average molecular weight is 469 g/mol. The van der Waals surface area contributed by atoms with Crippen molar-refractivity contribution in [2.75, 3.05) is 11.5 Å². The fraction of sp³-hybridized carbons (Fsp3) is 0.214. The first-order chi connectivity index (χ1) is 16.6. The van der Waals surface area contributed by atoms with Gasteiger partial charge in [0, 0.05) is 29.5 Å². The number of ether oxygens (including phenoxy) is 1. The SMILES string of the molecule is CCOc1ccc(-n2cccc2[C@@H]2[C@H](c3ccccn3)NC(=S)N2c2ccc(C)c(C)c2)cc1. The molecule has 5 nitrogen and oxygen atoms in total. The Morgan fingerprint density at radius 3 is 2.44 bits per heavy atom. The summed E-state index contributed by atoms with van der Waals surface area (Å²) in [7, 11) is 0. The van der Waals surface area contributed by atoms with Crippen molar-refractivity contribution in [1.29, 1.82) is 0 Å². The number of hydrogen-bond donors (Lipinski definition) is 1. The van der Waals surface area contributed by atoms with Gasteiger partial charge in [-0.3, -0.25) is 4.98 Å². The Hall–Kier alpha value is -3.64. The molecule has 1 aliphatic rings. The molecule has 3 heterocycles. The molecule has 34 heavy (non-hydrogen) atoms. The second kappa shape index (κ2) is 9.31. The van der Waals surface area contributed by atoms with Gasteiger partial charge in [-0.2, -0.15) is 0 Å². The molecule has 2 aromatic carbocycles. The average Bonchev–Trinajstić information content (AvgIpc) is 3.46. The van der Waals surface area contributed by atoms with Crippen molar-refractivity contribution < 1.29 is 4.74 Å². The van der Waals surface area contributed by atoms with E-state index in [0.717, 1.165) is 28.5 Å². The lowest BCUT2D eigenvalue weighted by Gasteiger charge is -2.29. The highest BCUT2D eigenvalue weighted by molar-refractivity contribution is 7.80. The van der Waals surface area contributed by atoms with Crippen molar-refractivity contribution >= 4 is 23.0 Å². The zero-order chi connectivity index (χ0) is 23.7. The molecule has 0 bridgehead atoms. The zero-order valence-electron chi connectivity index (χ0n) is 19.6. The van der Waals surface area contributed by atoms with Crippen LogP contribution in [0.2, 0.25) is 0 Å². The third-order valence-corrected chi connectivity index (χ3v) is 6.69. The molecule has 0 spiro atoms. The van der Waals surface area contributed by atoms with Gasteiger partial charge in [-0.15, -0.1) is 0 Å². The third kappa shape index (κ3) is 4.05. The number of hydrogen-bond acceptors (Lipinski definition) is 3. The van der Waals surface area contributed by atoms with Gasteiger partial charge in [-0.25, -0.2) is 0 Å².